The maximum Gasteiger partial charge on any atom is 0.123 e. The molecule has 0 spiro atoms. The number of methoxy groups -OCH3 is 1. The van der Waals surface area contributed by atoms with Crippen LogP contribution in [0.1, 0.15) is 63.9 Å². The van der Waals surface area contributed by atoms with Crippen LogP contribution >= 0.6 is 0 Å². The van der Waals surface area contributed by atoms with Crippen LogP contribution in [0.5, 0.6) is 5.75 Å². The zero-order valence-electron chi connectivity index (χ0n) is 15.8. The topological polar surface area (TPSA) is 36.3 Å². The number of piperidine rings is 1. The van der Waals surface area contributed by atoms with Gasteiger partial charge in [0.05, 0.1) is 18.6 Å². The molecule has 2 aliphatic rings. The fourth-order valence-electron chi connectivity index (χ4n) is 4.96. The Morgan fingerprint density at radius 1 is 1.16 bits per heavy atom. The molecule has 1 aliphatic carbocycles. The zero-order chi connectivity index (χ0) is 17.7. The van der Waals surface area contributed by atoms with E-state index in [4.69, 9.17) is 4.74 Å². The molecule has 0 aromatic heterocycles. The maximum atomic E-state index is 9.98. The summed E-state index contributed by atoms with van der Waals surface area (Å²) in [7, 11) is 1.70. The Morgan fingerprint density at radius 2 is 1.84 bits per heavy atom. The van der Waals surface area contributed by atoms with E-state index in [2.05, 4.69) is 24.0 Å². The van der Waals surface area contributed by atoms with E-state index in [-0.39, 0.29) is 5.41 Å². The number of likely N-dealkylation sites (tertiary alicyclic amines) is 1. The highest BCUT2D eigenvalue weighted by molar-refractivity contribution is 5.44. The number of para-hydroxylation sites is 1. The second kappa shape index (κ2) is 8.23. The van der Waals surface area contributed by atoms with Gasteiger partial charge in [0.15, 0.2) is 0 Å². The molecule has 0 amide bonds. The zero-order valence-corrected chi connectivity index (χ0v) is 15.8. The largest absolute Gasteiger partial charge is 0.496 e. The Kier molecular flexibility index (Phi) is 6.02. The lowest BCUT2D eigenvalue weighted by atomic mass is 9.72. The van der Waals surface area contributed by atoms with Crippen LogP contribution in [0, 0.1) is 17.2 Å². The molecule has 1 saturated carbocycles. The first-order chi connectivity index (χ1) is 12.2. The first-order valence-electron chi connectivity index (χ1n) is 10.0. The quantitative estimate of drug-likeness (QED) is 0.764. The van der Waals surface area contributed by atoms with Gasteiger partial charge in [-0.15, -0.1) is 0 Å². The predicted octanol–water partition coefficient (Wildman–Crippen LogP) is 4.91. The number of nitrogens with zero attached hydrogens (tertiary/aromatic N) is 2. The Labute approximate surface area is 153 Å². The van der Waals surface area contributed by atoms with Crippen LogP contribution in [0.3, 0.4) is 0 Å². The van der Waals surface area contributed by atoms with Crippen molar-refractivity contribution < 1.29 is 4.74 Å². The van der Waals surface area contributed by atoms with Crippen LogP contribution < -0.4 is 4.74 Å². The molecule has 1 aliphatic heterocycles. The maximum absolute atomic E-state index is 9.98. The van der Waals surface area contributed by atoms with E-state index < -0.39 is 0 Å². The highest BCUT2D eigenvalue weighted by atomic mass is 16.5. The molecular weight excluding hydrogens is 308 g/mol. The third-order valence-corrected chi connectivity index (χ3v) is 6.52. The van der Waals surface area contributed by atoms with Gasteiger partial charge < -0.3 is 9.64 Å². The van der Waals surface area contributed by atoms with E-state index >= 15 is 0 Å². The summed E-state index contributed by atoms with van der Waals surface area (Å²) >= 11 is 0. The van der Waals surface area contributed by atoms with Crippen LogP contribution in [0.25, 0.3) is 0 Å². The summed E-state index contributed by atoms with van der Waals surface area (Å²) < 4.78 is 5.54. The molecule has 1 saturated heterocycles. The summed E-state index contributed by atoms with van der Waals surface area (Å²) in [6, 6.07) is 11.5. The lowest BCUT2D eigenvalue weighted by Gasteiger charge is -2.43. The van der Waals surface area contributed by atoms with Crippen molar-refractivity contribution in [3.05, 3.63) is 29.8 Å². The second-order valence-corrected chi connectivity index (χ2v) is 7.89. The van der Waals surface area contributed by atoms with E-state index in [1.54, 1.807) is 7.11 Å². The average Bonchev–Trinajstić information content (AvgIpc) is 2.69. The molecule has 3 heteroatoms. The van der Waals surface area contributed by atoms with E-state index in [9.17, 15) is 5.26 Å². The minimum atomic E-state index is -0.386. The lowest BCUT2D eigenvalue weighted by molar-refractivity contribution is 0.0931. The normalized spacial score (nSPS) is 26.8. The summed E-state index contributed by atoms with van der Waals surface area (Å²) in [6.07, 6.45) is 10.0. The molecule has 25 heavy (non-hydrogen) atoms. The van der Waals surface area contributed by atoms with Gasteiger partial charge in [-0.1, -0.05) is 38.0 Å². The molecule has 0 bridgehead atoms. The van der Waals surface area contributed by atoms with Gasteiger partial charge in [-0.2, -0.15) is 5.26 Å². The van der Waals surface area contributed by atoms with E-state index in [0.29, 0.717) is 0 Å². The van der Waals surface area contributed by atoms with Crippen molar-refractivity contribution in [3.8, 4) is 11.8 Å². The van der Waals surface area contributed by atoms with Gasteiger partial charge >= 0.3 is 0 Å². The van der Waals surface area contributed by atoms with Gasteiger partial charge in [-0.3, -0.25) is 0 Å². The number of hydrogen-bond acceptors (Lipinski definition) is 3. The summed E-state index contributed by atoms with van der Waals surface area (Å²) in [4.78, 5) is 2.66. The van der Waals surface area contributed by atoms with Gasteiger partial charge in [-0.25, -0.2) is 0 Å². The van der Waals surface area contributed by atoms with Crippen LogP contribution in [-0.2, 0) is 5.41 Å². The van der Waals surface area contributed by atoms with E-state index in [0.717, 1.165) is 49.2 Å². The lowest BCUT2D eigenvalue weighted by Crippen LogP contribution is -2.47. The number of ether oxygens (including phenoxy) is 1. The highest BCUT2D eigenvalue weighted by Gasteiger charge is 2.40. The van der Waals surface area contributed by atoms with Crippen molar-refractivity contribution in [1.82, 2.24) is 4.90 Å². The van der Waals surface area contributed by atoms with Crippen LogP contribution in [0.15, 0.2) is 24.3 Å². The van der Waals surface area contributed by atoms with Gasteiger partial charge in [0.2, 0.25) is 0 Å². The first-order valence-corrected chi connectivity index (χ1v) is 10.0. The monoisotopic (exact) mass is 340 g/mol. The number of nitriles is 1. The Bertz CT molecular complexity index is 590. The Morgan fingerprint density at radius 3 is 2.44 bits per heavy atom. The minimum absolute atomic E-state index is 0.386. The summed E-state index contributed by atoms with van der Waals surface area (Å²) in [5.41, 5.74) is 0.689. The standard InChI is InChI=1S/C22H32N2O/c1-3-6-18-9-11-19(12-10-18)24-15-13-22(17-23,14-16-24)20-7-4-5-8-21(20)25-2/h4-5,7-8,18-19H,3,6,9-16H2,1-2H3. The minimum Gasteiger partial charge on any atom is -0.496 e. The van der Waals surface area contributed by atoms with Gasteiger partial charge in [0, 0.05) is 24.7 Å². The average molecular weight is 341 g/mol. The molecule has 0 N–H and O–H groups in total. The third kappa shape index (κ3) is 3.85. The molecule has 1 aromatic rings. The van der Waals surface area contributed by atoms with Crippen LogP contribution in [0.4, 0.5) is 0 Å². The number of hydrogen-bond donors (Lipinski definition) is 0. The summed E-state index contributed by atoms with van der Waals surface area (Å²) in [5, 5.41) is 9.98. The van der Waals surface area contributed by atoms with Crippen molar-refractivity contribution in [3.63, 3.8) is 0 Å². The molecule has 2 fully saturated rings. The van der Waals surface area contributed by atoms with E-state index in [1.807, 2.05) is 18.2 Å². The molecular formula is C22H32N2O. The molecule has 136 valence electrons. The van der Waals surface area contributed by atoms with Gasteiger partial charge in [0.25, 0.3) is 0 Å². The molecule has 0 atom stereocenters. The van der Waals surface area contributed by atoms with Crippen molar-refractivity contribution >= 4 is 0 Å². The molecule has 3 nitrogen and oxygen atoms in total. The third-order valence-electron chi connectivity index (χ3n) is 6.52. The number of rotatable bonds is 5. The molecule has 1 aromatic carbocycles. The smallest absolute Gasteiger partial charge is 0.123 e. The fourth-order valence-corrected chi connectivity index (χ4v) is 4.96. The Hall–Kier alpha value is -1.53. The van der Waals surface area contributed by atoms with Crippen molar-refractivity contribution in [2.45, 2.75) is 69.7 Å². The van der Waals surface area contributed by atoms with Gasteiger partial charge in [0.1, 0.15) is 5.75 Å². The van der Waals surface area contributed by atoms with Gasteiger partial charge in [-0.05, 0) is 50.5 Å². The fraction of sp³-hybridized carbons (Fsp3) is 0.682. The van der Waals surface area contributed by atoms with Crippen molar-refractivity contribution in [1.29, 1.82) is 5.26 Å². The molecule has 0 unspecified atom stereocenters. The number of benzene rings is 1. The summed E-state index contributed by atoms with van der Waals surface area (Å²) in [5.74, 6) is 1.82. The van der Waals surface area contributed by atoms with E-state index in [1.165, 1.54) is 38.5 Å². The molecule has 0 radical (unpaired) electrons. The first kappa shape index (κ1) is 18.3. The second-order valence-electron chi connectivity index (χ2n) is 7.89. The molecule has 1 heterocycles. The SMILES string of the molecule is CCCC1CCC(N2CCC(C#N)(c3ccccc3OC)CC2)CC1. The molecule has 3 rings (SSSR count). The summed E-state index contributed by atoms with van der Waals surface area (Å²) in [6.45, 7) is 4.37. The predicted molar refractivity (Wildman–Crippen MR) is 102 cm³/mol. The van der Waals surface area contributed by atoms with Crippen molar-refractivity contribution in [2.75, 3.05) is 20.2 Å². The van der Waals surface area contributed by atoms with Crippen LogP contribution in [0.2, 0.25) is 0 Å². The highest BCUT2D eigenvalue weighted by Crippen LogP contribution is 2.41. The van der Waals surface area contributed by atoms with Crippen LogP contribution in [-0.4, -0.2) is 31.1 Å². The Balaban J connectivity index is 1.63. The van der Waals surface area contributed by atoms with Crippen molar-refractivity contribution in [2.24, 2.45) is 5.92 Å².